The standard InChI is InChI=1S/C10H6ClFO/c11-9-6-3-5-8(10(9)12)4-1-2-7-13/h3,5-7H,2H2. The van der Waals surface area contributed by atoms with Gasteiger partial charge in [0.1, 0.15) is 6.29 Å². The second-order valence-corrected chi connectivity index (χ2v) is 2.68. The van der Waals surface area contributed by atoms with E-state index in [0.29, 0.717) is 6.29 Å². The van der Waals surface area contributed by atoms with Crippen molar-refractivity contribution in [3.05, 3.63) is 34.6 Å². The highest BCUT2D eigenvalue weighted by molar-refractivity contribution is 6.30. The summed E-state index contributed by atoms with van der Waals surface area (Å²) in [5, 5.41) is 0.0397. The molecule has 0 N–H and O–H groups in total. The summed E-state index contributed by atoms with van der Waals surface area (Å²) in [5.74, 6) is 4.48. The lowest BCUT2D eigenvalue weighted by Gasteiger charge is -1.94. The first-order valence-corrected chi connectivity index (χ1v) is 4.00. The molecule has 0 aliphatic rings. The van der Waals surface area contributed by atoms with E-state index in [2.05, 4.69) is 11.8 Å². The summed E-state index contributed by atoms with van der Waals surface area (Å²) in [6.07, 6.45) is 0.765. The zero-order chi connectivity index (χ0) is 9.68. The lowest BCUT2D eigenvalue weighted by atomic mass is 10.2. The molecule has 0 aliphatic carbocycles. The smallest absolute Gasteiger partial charge is 0.157 e. The molecule has 0 spiro atoms. The van der Waals surface area contributed by atoms with Crippen molar-refractivity contribution in [1.82, 2.24) is 0 Å². The molecular formula is C10H6ClFO. The van der Waals surface area contributed by atoms with Gasteiger partial charge in [0, 0.05) is 0 Å². The molecule has 0 heterocycles. The molecule has 1 nitrogen and oxygen atoms in total. The minimum absolute atomic E-state index is 0.0397. The van der Waals surface area contributed by atoms with Gasteiger partial charge in [-0.05, 0) is 12.1 Å². The Morgan fingerprint density at radius 3 is 3.00 bits per heavy atom. The maximum Gasteiger partial charge on any atom is 0.157 e. The summed E-state index contributed by atoms with van der Waals surface area (Å²) < 4.78 is 13.1. The van der Waals surface area contributed by atoms with Crippen LogP contribution in [0, 0.1) is 17.7 Å². The fourth-order valence-electron chi connectivity index (χ4n) is 0.788. The number of benzene rings is 1. The zero-order valence-electron chi connectivity index (χ0n) is 6.68. The molecule has 66 valence electrons. The van der Waals surface area contributed by atoms with Crippen molar-refractivity contribution in [1.29, 1.82) is 0 Å². The van der Waals surface area contributed by atoms with Gasteiger partial charge in [-0.25, -0.2) is 4.39 Å². The highest BCUT2D eigenvalue weighted by Gasteiger charge is 2.02. The monoisotopic (exact) mass is 196 g/mol. The SMILES string of the molecule is O=CCC#Cc1cccc(Cl)c1F. The van der Waals surface area contributed by atoms with Crippen molar-refractivity contribution in [3.63, 3.8) is 0 Å². The van der Waals surface area contributed by atoms with Gasteiger partial charge in [-0.1, -0.05) is 29.5 Å². The maximum absolute atomic E-state index is 13.1. The summed E-state index contributed by atoms with van der Waals surface area (Å²) in [4.78, 5) is 9.92. The van der Waals surface area contributed by atoms with Gasteiger partial charge < -0.3 is 4.79 Å². The normalized spacial score (nSPS) is 8.77. The first kappa shape index (κ1) is 9.76. The molecule has 0 aromatic heterocycles. The van der Waals surface area contributed by atoms with Crippen molar-refractivity contribution >= 4 is 17.9 Å². The van der Waals surface area contributed by atoms with Crippen molar-refractivity contribution in [2.75, 3.05) is 0 Å². The summed E-state index contributed by atoms with van der Waals surface area (Å²) >= 11 is 5.51. The van der Waals surface area contributed by atoms with E-state index in [0.717, 1.165) is 0 Å². The number of aldehydes is 1. The summed E-state index contributed by atoms with van der Waals surface area (Å²) in [5.41, 5.74) is 0.217. The fourth-order valence-corrected chi connectivity index (χ4v) is 0.963. The lowest BCUT2D eigenvalue weighted by molar-refractivity contribution is -0.107. The van der Waals surface area contributed by atoms with Crippen LogP contribution >= 0.6 is 11.6 Å². The van der Waals surface area contributed by atoms with Crippen LogP contribution in [0.15, 0.2) is 18.2 Å². The molecule has 0 fully saturated rings. The Hall–Kier alpha value is -1.33. The van der Waals surface area contributed by atoms with Crippen LogP contribution in [0.4, 0.5) is 4.39 Å². The molecule has 0 bridgehead atoms. The number of hydrogen-bond donors (Lipinski definition) is 0. The van der Waals surface area contributed by atoms with Gasteiger partial charge in [0.05, 0.1) is 17.0 Å². The quantitative estimate of drug-likeness (QED) is 0.498. The third-order valence-corrected chi connectivity index (χ3v) is 1.65. The highest BCUT2D eigenvalue weighted by atomic mass is 35.5. The number of hydrogen-bond acceptors (Lipinski definition) is 1. The fraction of sp³-hybridized carbons (Fsp3) is 0.100. The second kappa shape index (κ2) is 4.64. The van der Waals surface area contributed by atoms with Gasteiger partial charge in [-0.3, -0.25) is 0 Å². The molecule has 0 unspecified atom stereocenters. The van der Waals surface area contributed by atoms with Crippen LogP contribution in [-0.4, -0.2) is 6.29 Å². The Kier molecular flexibility index (Phi) is 3.48. The van der Waals surface area contributed by atoms with E-state index in [4.69, 9.17) is 11.6 Å². The Balaban J connectivity index is 2.97. The molecular weight excluding hydrogens is 191 g/mol. The topological polar surface area (TPSA) is 17.1 Å². The van der Waals surface area contributed by atoms with Gasteiger partial charge in [-0.2, -0.15) is 0 Å². The minimum Gasteiger partial charge on any atom is -0.302 e. The van der Waals surface area contributed by atoms with Crippen molar-refractivity contribution in [2.24, 2.45) is 0 Å². The number of carbonyl (C=O) groups excluding carboxylic acids is 1. The molecule has 0 atom stereocenters. The Morgan fingerprint density at radius 2 is 2.31 bits per heavy atom. The second-order valence-electron chi connectivity index (χ2n) is 2.27. The van der Waals surface area contributed by atoms with Crippen LogP contribution in [0.3, 0.4) is 0 Å². The van der Waals surface area contributed by atoms with E-state index in [9.17, 15) is 9.18 Å². The van der Waals surface area contributed by atoms with Gasteiger partial charge in [0.15, 0.2) is 5.82 Å². The summed E-state index contributed by atoms with van der Waals surface area (Å²) in [6.45, 7) is 0. The maximum atomic E-state index is 13.1. The molecule has 3 heteroatoms. The van der Waals surface area contributed by atoms with Gasteiger partial charge in [0.2, 0.25) is 0 Å². The zero-order valence-corrected chi connectivity index (χ0v) is 7.44. The predicted octanol–water partition coefficient (Wildman–Crippen LogP) is 2.42. The largest absolute Gasteiger partial charge is 0.302 e. The molecule has 0 saturated heterocycles. The lowest BCUT2D eigenvalue weighted by Crippen LogP contribution is -1.83. The molecule has 1 rings (SSSR count). The molecule has 1 aromatic rings. The van der Waals surface area contributed by atoms with Crippen LogP contribution in [0.5, 0.6) is 0 Å². The number of halogens is 2. The van der Waals surface area contributed by atoms with E-state index >= 15 is 0 Å². The predicted molar refractivity (Wildman–Crippen MR) is 49.0 cm³/mol. The number of carbonyl (C=O) groups is 1. The van der Waals surface area contributed by atoms with E-state index in [-0.39, 0.29) is 17.0 Å². The van der Waals surface area contributed by atoms with E-state index in [1.807, 2.05) is 0 Å². The minimum atomic E-state index is -0.539. The van der Waals surface area contributed by atoms with Crippen LogP contribution in [0.2, 0.25) is 5.02 Å². The summed E-state index contributed by atoms with van der Waals surface area (Å²) in [7, 11) is 0. The van der Waals surface area contributed by atoms with Crippen LogP contribution < -0.4 is 0 Å². The average Bonchev–Trinajstić information content (AvgIpc) is 2.13. The summed E-state index contributed by atoms with van der Waals surface area (Å²) in [6, 6.07) is 4.57. The average molecular weight is 197 g/mol. The molecule has 0 amide bonds. The molecule has 13 heavy (non-hydrogen) atoms. The first-order chi connectivity index (χ1) is 6.25. The first-order valence-electron chi connectivity index (χ1n) is 3.62. The van der Waals surface area contributed by atoms with Crippen molar-refractivity contribution in [3.8, 4) is 11.8 Å². The van der Waals surface area contributed by atoms with Crippen LogP contribution in [0.25, 0.3) is 0 Å². The van der Waals surface area contributed by atoms with Crippen LogP contribution in [0.1, 0.15) is 12.0 Å². The van der Waals surface area contributed by atoms with Crippen molar-refractivity contribution in [2.45, 2.75) is 6.42 Å². The van der Waals surface area contributed by atoms with E-state index < -0.39 is 5.82 Å². The Bertz CT molecular complexity index is 376. The highest BCUT2D eigenvalue weighted by Crippen LogP contribution is 2.16. The molecule has 0 aliphatic heterocycles. The van der Waals surface area contributed by atoms with Gasteiger partial charge >= 0.3 is 0 Å². The molecule has 0 saturated carbocycles. The Labute approximate surface area is 80.5 Å². The Morgan fingerprint density at radius 1 is 1.54 bits per heavy atom. The van der Waals surface area contributed by atoms with E-state index in [1.54, 1.807) is 6.07 Å². The third kappa shape index (κ3) is 2.57. The molecule has 1 aromatic carbocycles. The van der Waals surface area contributed by atoms with Gasteiger partial charge in [-0.15, -0.1) is 0 Å². The number of rotatable bonds is 1. The van der Waals surface area contributed by atoms with E-state index in [1.165, 1.54) is 12.1 Å². The van der Waals surface area contributed by atoms with Crippen molar-refractivity contribution < 1.29 is 9.18 Å². The molecule has 0 radical (unpaired) electrons. The van der Waals surface area contributed by atoms with Crippen LogP contribution in [-0.2, 0) is 4.79 Å². The third-order valence-electron chi connectivity index (χ3n) is 1.36. The van der Waals surface area contributed by atoms with Gasteiger partial charge in [0.25, 0.3) is 0 Å².